The standard InChI is InChI=1S/C14H22N2S/c1-10(2)17-14-5-3-13(4-6-14)16-9-11-7-12(15)8-11/h3-6,10-12,16H,7-9,15H2,1-2H3. The molecule has 1 saturated carbocycles. The average Bonchev–Trinajstić information content (AvgIpc) is 2.24. The SMILES string of the molecule is CC(C)Sc1ccc(NCC2CC(N)C2)cc1. The minimum atomic E-state index is 0.451. The number of benzene rings is 1. The summed E-state index contributed by atoms with van der Waals surface area (Å²) in [7, 11) is 0. The topological polar surface area (TPSA) is 38.0 Å². The van der Waals surface area contributed by atoms with Gasteiger partial charge in [-0.2, -0.15) is 0 Å². The molecule has 94 valence electrons. The minimum absolute atomic E-state index is 0.451. The van der Waals surface area contributed by atoms with Crippen LogP contribution in [0.5, 0.6) is 0 Å². The van der Waals surface area contributed by atoms with Crippen LogP contribution in [0.1, 0.15) is 26.7 Å². The highest BCUT2D eigenvalue weighted by atomic mass is 32.2. The summed E-state index contributed by atoms with van der Waals surface area (Å²) in [5.41, 5.74) is 6.99. The Morgan fingerprint density at radius 2 is 1.94 bits per heavy atom. The second kappa shape index (κ2) is 5.78. The molecule has 1 aliphatic carbocycles. The maximum Gasteiger partial charge on any atom is 0.0341 e. The third-order valence-corrected chi connectivity index (χ3v) is 4.11. The van der Waals surface area contributed by atoms with Crippen LogP contribution in [0.15, 0.2) is 29.2 Å². The number of hydrogen-bond donors (Lipinski definition) is 2. The molecule has 3 N–H and O–H groups in total. The summed E-state index contributed by atoms with van der Waals surface area (Å²) in [6, 6.07) is 9.18. The molecule has 0 aromatic heterocycles. The maximum atomic E-state index is 5.77. The molecule has 0 unspecified atom stereocenters. The summed E-state index contributed by atoms with van der Waals surface area (Å²) >= 11 is 1.90. The molecule has 0 saturated heterocycles. The predicted octanol–water partition coefficient (Wildman–Crippen LogP) is 3.34. The number of nitrogens with two attached hydrogens (primary N) is 1. The largest absolute Gasteiger partial charge is 0.385 e. The molecule has 17 heavy (non-hydrogen) atoms. The lowest BCUT2D eigenvalue weighted by Crippen LogP contribution is -2.39. The molecule has 0 radical (unpaired) electrons. The molecule has 0 atom stereocenters. The molecule has 1 fully saturated rings. The van der Waals surface area contributed by atoms with Crippen molar-refractivity contribution < 1.29 is 0 Å². The lowest BCUT2D eigenvalue weighted by Gasteiger charge is -2.32. The van der Waals surface area contributed by atoms with Crippen LogP contribution < -0.4 is 11.1 Å². The van der Waals surface area contributed by atoms with Crippen LogP contribution in [0, 0.1) is 5.92 Å². The summed E-state index contributed by atoms with van der Waals surface area (Å²) in [6.45, 7) is 5.50. The first kappa shape index (κ1) is 12.8. The van der Waals surface area contributed by atoms with Crippen molar-refractivity contribution in [2.24, 2.45) is 11.7 Å². The van der Waals surface area contributed by atoms with E-state index < -0.39 is 0 Å². The Bertz CT molecular complexity index is 342. The summed E-state index contributed by atoms with van der Waals surface area (Å²) in [4.78, 5) is 1.34. The van der Waals surface area contributed by atoms with Gasteiger partial charge in [0.2, 0.25) is 0 Å². The Morgan fingerprint density at radius 3 is 2.47 bits per heavy atom. The summed E-state index contributed by atoms with van der Waals surface area (Å²) in [6.07, 6.45) is 2.35. The van der Waals surface area contributed by atoms with Crippen molar-refractivity contribution >= 4 is 17.4 Å². The normalized spacial score (nSPS) is 23.5. The van der Waals surface area contributed by atoms with Crippen molar-refractivity contribution in [2.75, 3.05) is 11.9 Å². The first-order valence-corrected chi connectivity index (χ1v) is 7.27. The smallest absolute Gasteiger partial charge is 0.0341 e. The van der Waals surface area contributed by atoms with Crippen molar-refractivity contribution in [1.29, 1.82) is 0 Å². The van der Waals surface area contributed by atoms with Crippen molar-refractivity contribution in [1.82, 2.24) is 0 Å². The molecule has 2 rings (SSSR count). The fourth-order valence-electron chi connectivity index (χ4n) is 2.14. The van der Waals surface area contributed by atoms with Crippen LogP contribution in [0.25, 0.3) is 0 Å². The zero-order valence-corrected chi connectivity index (χ0v) is 11.5. The van der Waals surface area contributed by atoms with E-state index in [9.17, 15) is 0 Å². The molecule has 1 aromatic carbocycles. The number of rotatable bonds is 5. The Balaban J connectivity index is 1.77. The average molecular weight is 250 g/mol. The molecule has 0 aliphatic heterocycles. The Kier molecular flexibility index (Phi) is 4.35. The molecule has 3 heteroatoms. The van der Waals surface area contributed by atoms with E-state index in [1.165, 1.54) is 23.4 Å². The molecule has 1 aromatic rings. The van der Waals surface area contributed by atoms with Gasteiger partial charge in [-0.3, -0.25) is 0 Å². The summed E-state index contributed by atoms with van der Waals surface area (Å²) in [5.74, 6) is 0.773. The zero-order valence-electron chi connectivity index (χ0n) is 10.6. The molecule has 0 spiro atoms. The monoisotopic (exact) mass is 250 g/mol. The van der Waals surface area contributed by atoms with Crippen LogP contribution in [-0.4, -0.2) is 17.8 Å². The molecule has 0 heterocycles. The Morgan fingerprint density at radius 1 is 1.29 bits per heavy atom. The molecule has 1 aliphatic rings. The highest BCUT2D eigenvalue weighted by molar-refractivity contribution is 7.99. The predicted molar refractivity (Wildman–Crippen MR) is 76.6 cm³/mol. The van der Waals surface area contributed by atoms with E-state index >= 15 is 0 Å². The Labute approximate surface area is 108 Å². The summed E-state index contributed by atoms with van der Waals surface area (Å²) < 4.78 is 0. The second-order valence-electron chi connectivity index (χ2n) is 5.17. The molecular weight excluding hydrogens is 228 g/mol. The van der Waals surface area contributed by atoms with Gasteiger partial charge in [-0.15, -0.1) is 11.8 Å². The van der Waals surface area contributed by atoms with E-state index in [0.29, 0.717) is 11.3 Å². The van der Waals surface area contributed by atoms with Gasteiger partial charge in [-0.05, 0) is 43.0 Å². The van der Waals surface area contributed by atoms with E-state index in [1.54, 1.807) is 0 Å². The van der Waals surface area contributed by atoms with Gasteiger partial charge in [0, 0.05) is 28.4 Å². The van der Waals surface area contributed by atoms with Crippen LogP contribution in [0.2, 0.25) is 0 Å². The number of thioether (sulfide) groups is 1. The fraction of sp³-hybridized carbons (Fsp3) is 0.571. The summed E-state index contributed by atoms with van der Waals surface area (Å²) in [5, 5.41) is 4.13. The van der Waals surface area contributed by atoms with Crippen LogP contribution >= 0.6 is 11.8 Å². The fourth-order valence-corrected chi connectivity index (χ4v) is 2.98. The molecular formula is C14H22N2S. The van der Waals surface area contributed by atoms with Gasteiger partial charge in [0.25, 0.3) is 0 Å². The van der Waals surface area contributed by atoms with Gasteiger partial charge in [0.05, 0.1) is 0 Å². The minimum Gasteiger partial charge on any atom is -0.385 e. The van der Waals surface area contributed by atoms with Gasteiger partial charge < -0.3 is 11.1 Å². The Hall–Kier alpha value is -0.670. The molecule has 0 amide bonds. The van der Waals surface area contributed by atoms with Crippen LogP contribution in [0.3, 0.4) is 0 Å². The molecule has 2 nitrogen and oxygen atoms in total. The van der Waals surface area contributed by atoms with E-state index in [1.807, 2.05) is 11.8 Å². The first-order valence-electron chi connectivity index (χ1n) is 6.39. The van der Waals surface area contributed by atoms with Crippen molar-refractivity contribution in [3.05, 3.63) is 24.3 Å². The highest BCUT2D eigenvalue weighted by Crippen LogP contribution is 2.27. The maximum absolute atomic E-state index is 5.77. The van der Waals surface area contributed by atoms with Crippen LogP contribution in [0.4, 0.5) is 5.69 Å². The van der Waals surface area contributed by atoms with E-state index in [2.05, 4.69) is 43.4 Å². The number of nitrogens with one attached hydrogen (secondary N) is 1. The van der Waals surface area contributed by atoms with Crippen molar-refractivity contribution in [3.63, 3.8) is 0 Å². The van der Waals surface area contributed by atoms with E-state index in [4.69, 9.17) is 5.73 Å². The van der Waals surface area contributed by atoms with Gasteiger partial charge >= 0.3 is 0 Å². The quantitative estimate of drug-likeness (QED) is 0.787. The van der Waals surface area contributed by atoms with Gasteiger partial charge in [0.1, 0.15) is 0 Å². The zero-order chi connectivity index (χ0) is 12.3. The molecule has 0 bridgehead atoms. The van der Waals surface area contributed by atoms with E-state index in [0.717, 1.165) is 12.5 Å². The first-order chi connectivity index (χ1) is 8.13. The number of hydrogen-bond acceptors (Lipinski definition) is 3. The van der Waals surface area contributed by atoms with Gasteiger partial charge in [0.15, 0.2) is 0 Å². The van der Waals surface area contributed by atoms with Gasteiger partial charge in [-0.1, -0.05) is 13.8 Å². The second-order valence-corrected chi connectivity index (χ2v) is 6.82. The number of anilines is 1. The van der Waals surface area contributed by atoms with E-state index in [-0.39, 0.29) is 0 Å². The lowest BCUT2D eigenvalue weighted by atomic mass is 9.81. The van der Waals surface area contributed by atoms with Gasteiger partial charge in [-0.25, -0.2) is 0 Å². The van der Waals surface area contributed by atoms with Crippen molar-refractivity contribution in [3.8, 4) is 0 Å². The highest BCUT2D eigenvalue weighted by Gasteiger charge is 2.25. The van der Waals surface area contributed by atoms with Crippen LogP contribution in [-0.2, 0) is 0 Å². The lowest BCUT2D eigenvalue weighted by molar-refractivity contribution is 0.280. The van der Waals surface area contributed by atoms with Crippen molar-refractivity contribution in [2.45, 2.75) is 42.9 Å². The third-order valence-electron chi connectivity index (χ3n) is 3.09. The third kappa shape index (κ3) is 3.93.